The summed E-state index contributed by atoms with van der Waals surface area (Å²) < 4.78 is 38.9. The molecule has 0 unspecified atom stereocenters. The van der Waals surface area contributed by atoms with Gasteiger partial charge in [0.1, 0.15) is 28.9 Å². The van der Waals surface area contributed by atoms with E-state index in [9.17, 15) is 23.6 Å². The van der Waals surface area contributed by atoms with Gasteiger partial charge in [-0.05, 0) is 125 Å². The van der Waals surface area contributed by atoms with Crippen molar-refractivity contribution in [2.75, 3.05) is 49.1 Å². The van der Waals surface area contributed by atoms with Gasteiger partial charge >= 0.3 is 17.5 Å². The molecule has 83 heavy (non-hydrogen) atoms. The van der Waals surface area contributed by atoms with Gasteiger partial charge in [0.05, 0.1) is 22.4 Å². The molecule has 0 saturated carbocycles. The largest absolute Gasteiger partial charge is 0.444 e. The maximum Gasteiger partial charge on any atom is 0.410 e. The first-order chi connectivity index (χ1) is 39.7. The fourth-order valence-corrected chi connectivity index (χ4v) is 12.0. The average molecular weight is 1160 g/mol. The zero-order valence-electron chi connectivity index (χ0n) is 48.5. The molecule has 2 fully saturated rings. The fourth-order valence-electron chi connectivity index (χ4n) is 11.5. The molecule has 0 radical (unpaired) electrons. The number of fused-ring (bicyclic) bond motifs is 2. The van der Waals surface area contributed by atoms with Crippen LogP contribution in [0, 0.1) is 11.6 Å². The number of rotatable bonds is 11. The zero-order valence-corrected chi connectivity index (χ0v) is 50.0. The Balaban J connectivity index is 0.000000200. The van der Waals surface area contributed by atoms with Crippen LogP contribution in [0.25, 0.3) is 55.4 Å². The molecule has 2 aliphatic rings. The molecule has 2 saturated heterocycles. The van der Waals surface area contributed by atoms with Crippen LogP contribution in [0.3, 0.4) is 0 Å². The molecule has 0 N–H and O–H groups in total. The van der Waals surface area contributed by atoms with E-state index in [1.165, 1.54) is 18.2 Å². The van der Waals surface area contributed by atoms with Gasteiger partial charge in [-0.25, -0.2) is 23.2 Å². The Kier molecular flexibility index (Phi) is 17.9. The van der Waals surface area contributed by atoms with E-state index in [1.807, 2.05) is 80.8 Å². The highest BCUT2D eigenvalue weighted by Crippen LogP contribution is 2.40. The van der Waals surface area contributed by atoms with Crippen LogP contribution in [0.5, 0.6) is 0 Å². The first kappa shape index (κ1) is 59.7. The van der Waals surface area contributed by atoms with Crippen LogP contribution in [0.2, 0.25) is 10.0 Å². The molecule has 13 nitrogen and oxygen atoms in total. The first-order valence-electron chi connectivity index (χ1n) is 28.4. The molecular weight excluding hydrogens is 1090 g/mol. The molecule has 2 amide bonds. The number of nitrogens with zero attached hydrogens (tertiary/aromatic N) is 8. The summed E-state index contributed by atoms with van der Waals surface area (Å²) in [5, 5.41) is 2.08. The highest BCUT2D eigenvalue weighted by molar-refractivity contribution is 6.35. The van der Waals surface area contributed by atoms with Crippen LogP contribution >= 0.6 is 23.2 Å². The molecular formula is C66H70Cl2F2N8O5. The second-order valence-corrected chi connectivity index (χ2v) is 22.8. The van der Waals surface area contributed by atoms with Crippen LogP contribution in [0.15, 0.2) is 131 Å². The molecule has 17 heteroatoms. The van der Waals surface area contributed by atoms with Crippen molar-refractivity contribution in [3.8, 4) is 33.6 Å². The van der Waals surface area contributed by atoms with E-state index in [1.54, 1.807) is 79.6 Å². The topological polar surface area (TPSA) is 126 Å². The number of aromatic nitrogens is 4. The van der Waals surface area contributed by atoms with Gasteiger partial charge < -0.3 is 24.3 Å². The third-order valence-electron chi connectivity index (χ3n) is 15.6. The lowest BCUT2D eigenvalue weighted by molar-refractivity contribution is -0.126. The van der Waals surface area contributed by atoms with Crippen molar-refractivity contribution in [3.63, 3.8) is 0 Å². The van der Waals surface area contributed by atoms with Gasteiger partial charge in [0.15, 0.2) is 0 Å². The summed E-state index contributed by atoms with van der Waals surface area (Å²) in [6, 6.07) is 31.9. The molecule has 432 valence electrons. The van der Waals surface area contributed by atoms with Crippen molar-refractivity contribution in [2.45, 2.75) is 106 Å². The molecule has 4 heterocycles. The van der Waals surface area contributed by atoms with E-state index in [-0.39, 0.29) is 24.1 Å². The van der Waals surface area contributed by atoms with Gasteiger partial charge in [-0.3, -0.25) is 13.9 Å². The SMILES string of the molecule is C=CC(=O)N1CCN(c2nc(=O)n(-c3c(CC)cccc3CC)c3cc(-c4ccccc4F)c(Cl)cc23)[C@@H](C)C1.CCc1cccc(CC)c1-n1c(=O)nc(N2CCN(C(=O)OC(C)(C)C)C[C@@H]2C)c2cc(Cl)c(-c3ccccc3F)cc21. The molecule has 2 aromatic heterocycles. The van der Waals surface area contributed by atoms with Gasteiger partial charge in [-0.2, -0.15) is 9.97 Å². The monoisotopic (exact) mass is 1160 g/mol. The Bertz CT molecular complexity index is 3890. The lowest BCUT2D eigenvalue weighted by Crippen LogP contribution is -2.55. The van der Waals surface area contributed by atoms with E-state index >= 15 is 4.39 Å². The van der Waals surface area contributed by atoms with Gasteiger partial charge in [0.25, 0.3) is 0 Å². The maximum atomic E-state index is 15.0. The molecule has 0 bridgehead atoms. The number of benzene rings is 6. The molecule has 2 atom stereocenters. The highest BCUT2D eigenvalue weighted by Gasteiger charge is 2.34. The summed E-state index contributed by atoms with van der Waals surface area (Å²) >= 11 is 13.7. The standard InChI is InChI=1S/C34H38ClFN4O3.C32H32ClFN4O2/c1-7-22-12-11-13-23(8-2)30(22)40-29-19-25(24-14-9-10-15-28(24)36)27(35)18-26(29)31(37-32(40)41)39-17-16-38(20-21(39)3)33(42)43-34(4,5)6;1-5-21-11-10-12-22(6-2)30(21)38-28-18-24(23-13-8-9-14-27(23)34)26(33)17-25(28)31(35-32(38)40)37-16-15-36(19-20(37)4)29(39)7-3/h9-15,18-19,21H,7-8,16-17,20H2,1-6H3;7-14,17-18,20H,3,5-6,15-16,19H2,1-2,4H3/t21-;20-/m00/s1. The quantitative estimate of drug-likeness (QED) is 0.116. The molecule has 0 aliphatic carbocycles. The minimum atomic E-state index is -0.599. The van der Waals surface area contributed by atoms with Crippen molar-refractivity contribution in [2.24, 2.45) is 0 Å². The number of amides is 2. The molecule has 2 aliphatic heterocycles. The average Bonchev–Trinajstić information content (AvgIpc) is 2.31. The van der Waals surface area contributed by atoms with E-state index in [0.29, 0.717) is 105 Å². The molecule has 8 aromatic rings. The number of para-hydroxylation sites is 2. The number of carbonyl (C=O) groups is 2. The van der Waals surface area contributed by atoms with Crippen molar-refractivity contribution in [3.05, 3.63) is 187 Å². The van der Waals surface area contributed by atoms with Gasteiger partial charge in [-0.1, -0.05) is 130 Å². The zero-order chi connectivity index (χ0) is 59.6. The van der Waals surface area contributed by atoms with Gasteiger partial charge in [0.2, 0.25) is 5.91 Å². The second-order valence-electron chi connectivity index (χ2n) is 22.0. The number of anilines is 2. The Morgan fingerprint density at radius 1 is 0.590 bits per heavy atom. The highest BCUT2D eigenvalue weighted by atomic mass is 35.5. The van der Waals surface area contributed by atoms with Crippen molar-refractivity contribution in [1.29, 1.82) is 0 Å². The Labute approximate surface area is 493 Å². The number of hydrogen-bond acceptors (Lipinski definition) is 9. The fraction of sp³-hybridized carbons (Fsp3) is 0.333. The van der Waals surface area contributed by atoms with E-state index in [2.05, 4.69) is 44.2 Å². The smallest absolute Gasteiger partial charge is 0.410 e. The van der Waals surface area contributed by atoms with Gasteiger partial charge in [0, 0.05) is 94.4 Å². The number of piperazine rings is 2. The van der Waals surface area contributed by atoms with Crippen LogP contribution in [-0.2, 0) is 35.2 Å². The van der Waals surface area contributed by atoms with E-state index < -0.39 is 28.6 Å². The van der Waals surface area contributed by atoms with Crippen molar-refractivity contribution < 1.29 is 23.1 Å². The summed E-state index contributed by atoms with van der Waals surface area (Å²) in [5.74, 6) is 0.0689. The third kappa shape index (κ3) is 12.0. The summed E-state index contributed by atoms with van der Waals surface area (Å²) in [6.45, 7) is 24.0. The molecule has 6 aromatic carbocycles. The van der Waals surface area contributed by atoms with Crippen LogP contribution in [0.1, 0.15) is 84.6 Å². The normalized spacial score (nSPS) is 15.6. The molecule has 10 rings (SSSR count). The Hall–Kier alpha value is -7.88. The molecule has 0 spiro atoms. The first-order valence-corrected chi connectivity index (χ1v) is 29.1. The minimum absolute atomic E-state index is 0.109. The summed E-state index contributed by atoms with van der Waals surface area (Å²) in [4.78, 5) is 70.0. The predicted molar refractivity (Wildman–Crippen MR) is 331 cm³/mol. The van der Waals surface area contributed by atoms with Crippen LogP contribution < -0.4 is 21.2 Å². The van der Waals surface area contributed by atoms with E-state index in [4.69, 9.17) is 27.9 Å². The Morgan fingerprint density at radius 2 is 0.976 bits per heavy atom. The summed E-state index contributed by atoms with van der Waals surface area (Å²) in [5.41, 5.74) is 7.11. The summed E-state index contributed by atoms with van der Waals surface area (Å²) in [7, 11) is 0. The number of aryl methyl sites for hydroxylation is 4. The predicted octanol–water partition coefficient (Wildman–Crippen LogP) is 13.6. The Morgan fingerprint density at radius 3 is 1.34 bits per heavy atom. The van der Waals surface area contributed by atoms with Gasteiger partial charge in [-0.15, -0.1) is 0 Å². The lowest BCUT2D eigenvalue weighted by atomic mass is 10.00. The third-order valence-corrected chi connectivity index (χ3v) is 16.2. The van der Waals surface area contributed by atoms with Crippen molar-refractivity contribution in [1.82, 2.24) is 28.9 Å². The van der Waals surface area contributed by atoms with Crippen LogP contribution in [-0.4, -0.2) is 97.9 Å². The summed E-state index contributed by atoms with van der Waals surface area (Å²) in [6.07, 6.45) is 3.84. The van der Waals surface area contributed by atoms with E-state index in [0.717, 1.165) is 59.3 Å². The lowest BCUT2D eigenvalue weighted by Gasteiger charge is -2.41. The number of ether oxygens (including phenoxy) is 1. The minimum Gasteiger partial charge on any atom is -0.444 e. The second kappa shape index (κ2) is 24.9. The van der Waals surface area contributed by atoms with Crippen LogP contribution in [0.4, 0.5) is 25.2 Å². The number of carbonyl (C=O) groups excluding carboxylic acids is 2. The number of hydrogen-bond donors (Lipinski definition) is 0. The van der Waals surface area contributed by atoms with Crippen molar-refractivity contribution >= 4 is 68.6 Å². The maximum absolute atomic E-state index is 15.0. The number of halogens is 4.